The number of nitrogens with zero attached hydrogens (tertiary/aromatic N) is 1. The van der Waals surface area contributed by atoms with E-state index in [9.17, 15) is 0 Å². The van der Waals surface area contributed by atoms with Crippen molar-refractivity contribution < 1.29 is 0 Å². The normalized spacial score (nSPS) is 11.8. The maximum absolute atomic E-state index is 4.98. The van der Waals surface area contributed by atoms with Crippen LogP contribution in [-0.4, -0.2) is 4.98 Å². The van der Waals surface area contributed by atoms with Crippen LogP contribution < -0.4 is 0 Å². The van der Waals surface area contributed by atoms with E-state index in [0.29, 0.717) is 0 Å². The molecule has 0 spiro atoms. The second kappa shape index (κ2) is 4.03. The van der Waals surface area contributed by atoms with Gasteiger partial charge in [-0.3, -0.25) is 0 Å². The molecule has 0 aliphatic carbocycles. The molecule has 3 aromatic rings. The minimum atomic E-state index is 1.12. The van der Waals surface area contributed by atoms with Crippen molar-refractivity contribution in [3.8, 4) is 11.3 Å². The molecule has 0 amide bonds. The van der Waals surface area contributed by atoms with Gasteiger partial charge in [0.15, 0.2) is 0 Å². The first-order chi connectivity index (χ1) is 10.4. The Kier molecular flexibility index (Phi) is 2.15. The molecule has 0 fully saturated rings. The van der Waals surface area contributed by atoms with Crippen LogP contribution in [0.2, 0.25) is 0 Å². The first-order valence-electron chi connectivity index (χ1n) is 6.99. The Morgan fingerprint density at radius 1 is 0.714 bits per heavy atom. The third-order valence-corrected chi connectivity index (χ3v) is 5.08. The van der Waals surface area contributed by atoms with Gasteiger partial charge in [0.25, 0.3) is 0 Å². The third kappa shape index (κ3) is 1.48. The van der Waals surface area contributed by atoms with Gasteiger partial charge in [-0.25, -0.2) is 4.98 Å². The number of rotatable bonds is 0. The van der Waals surface area contributed by atoms with Gasteiger partial charge in [0, 0.05) is 31.8 Å². The average Bonchev–Trinajstić information content (AvgIpc) is 2.94. The Morgan fingerprint density at radius 3 is 2.48 bits per heavy atom. The summed E-state index contributed by atoms with van der Waals surface area (Å²) in [5, 5.41) is 7.23. The molecule has 0 bridgehead atoms. The van der Waals surface area contributed by atoms with Gasteiger partial charge in [-0.1, -0.05) is 54.6 Å². The van der Waals surface area contributed by atoms with E-state index in [1.165, 1.54) is 31.8 Å². The summed E-state index contributed by atoms with van der Waals surface area (Å²) in [7, 11) is 0. The molecule has 0 saturated heterocycles. The quantitative estimate of drug-likeness (QED) is 0.355. The average molecular weight is 285 g/mol. The lowest BCUT2D eigenvalue weighted by Gasteiger charge is -2.02. The van der Waals surface area contributed by atoms with Crippen molar-refractivity contribution >= 4 is 43.1 Å². The van der Waals surface area contributed by atoms with E-state index in [1.54, 1.807) is 11.3 Å². The highest BCUT2D eigenvalue weighted by Gasteiger charge is 2.16. The van der Waals surface area contributed by atoms with Crippen LogP contribution in [0.4, 0.5) is 0 Å². The molecule has 0 unspecified atom stereocenters. The fourth-order valence-electron chi connectivity index (χ4n) is 3.10. The Bertz CT molecular complexity index is 1080. The summed E-state index contributed by atoms with van der Waals surface area (Å²) in [5.41, 5.74) is 3.50. The molecule has 0 N–H and O–H groups in total. The molecule has 0 radical (unpaired) electrons. The summed E-state index contributed by atoms with van der Waals surface area (Å²) in [6, 6.07) is 21.4. The molecule has 2 aliphatic rings. The van der Waals surface area contributed by atoms with Crippen LogP contribution in [0.5, 0.6) is 0 Å². The van der Waals surface area contributed by atoms with E-state index >= 15 is 0 Å². The van der Waals surface area contributed by atoms with E-state index in [-0.39, 0.29) is 0 Å². The first-order valence-corrected chi connectivity index (χ1v) is 7.87. The zero-order valence-corrected chi connectivity index (χ0v) is 12.0. The van der Waals surface area contributed by atoms with E-state index in [2.05, 4.69) is 66.0 Å². The SMILES string of the molecule is c1ccc2c(c1)ccc1c3csc4ccccc4c-3nc12. The zero-order chi connectivity index (χ0) is 13.8. The summed E-state index contributed by atoms with van der Waals surface area (Å²) in [6.45, 7) is 0. The number of hydrogen-bond acceptors (Lipinski definition) is 2. The maximum Gasteiger partial charge on any atom is 0.0811 e. The molecule has 2 heteroatoms. The Balaban J connectivity index is 2.06. The van der Waals surface area contributed by atoms with Gasteiger partial charge in [0.05, 0.1) is 11.2 Å². The van der Waals surface area contributed by atoms with Gasteiger partial charge in [-0.05, 0) is 11.5 Å². The van der Waals surface area contributed by atoms with Crippen molar-refractivity contribution in [3.63, 3.8) is 0 Å². The minimum Gasteiger partial charge on any atom is -0.246 e. The topological polar surface area (TPSA) is 12.9 Å². The number of benzene rings is 3. The highest BCUT2D eigenvalue weighted by molar-refractivity contribution is 7.17. The third-order valence-electron chi connectivity index (χ3n) is 4.12. The lowest BCUT2D eigenvalue weighted by Crippen LogP contribution is -1.78. The molecule has 3 aromatic carbocycles. The van der Waals surface area contributed by atoms with Crippen molar-refractivity contribution in [2.45, 2.75) is 0 Å². The van der Waals surface area contributed by atoms with Gasteiger partial charge >= 0.3 is 0 Å². The number of aromatic nitrogens is 1. The zero-order valence-electron chi connectivity index (χ0n) is 11.2. The summed E-state index contributed by atoms with van der Waals surface area (Å²) < 4.78 is 1.29. The lowest BCUT2D eigenvalue weighted by atomic mass is 10.0. The van der Waals surface area contributed by atoms with Gasteiger partial charge in [0.1, 0.15) is 0 Å². The Hall–Kier alpha value is -2.45. The molecule has 2 aliphatic heterocycles. The van der Waals surface area contributed by atoms with Gasteiger partial charge < -0.3 is 0 Å². The van der Waals surface area contributed by atoms with Gasteiger partial charge in [-0.2, -0.15) is 0 Å². The van der Waals surface area contributed by atoms with Crippen molar-refractivity contribution in [3.05, 3.63) is 66.0 Å². The molecule has 2 heterocycles. The van der Waals surface area contributed by atoms with Crippen LogP contribution in [-0.2, 0) is 0 Å². The van der Waals surface area contributed by atoms with Crippen molar-refractivity contribution in [2.24, 2.45) is 0 Å². The summed E-state index contributed by atoms with van der Waals surface area (Å²) in [5.74, 6) is 0. The van der Waals surface area contributed by atoms with Crippen LogP contribution in [0.3, 0.4) is 0 Å². The summed E-state index contributed by atoms with van der Waals surface area (Å²) >= 11 is 1.79. The van der Waals surface area contributed by atoms with Crippen molar-refractivity contribution in [1.29, 1.82) is 0 Å². The summed E-state index contributed by atoms with van der Waals surface area (Å²) in [6.07, 6.45) is 0. The monoisotopic (exact) mass is 285 g/mol. The van der Waals surface area contributed by atoms with Gasteiger partial charge in [-0.15, -0.1) is 11.3 Å². The standard InChI is InChI=1S/C19H11NS/c1-2-6-13-12(5-1)9-10-14-16-11-21-17-8-4-3-7-15(17)19(16)20-18(13)14/h1-11H. The smallest absolute Gasteiger partial charge is 0.0811 e. The van der Waals surface area contributed by atoms with Gasteiger partial charge in [0.2, 0.25) is 0 Å². The molecule has 21 heavy (non-hydrogen) atoms. The largest absolute Gasteiger partial charge is 0.246 e. The van der Waals surface area contributed by atoms with E-state index in [1.807, 2.05) is 0 Å². The van der Waals surface area contributed by atoms with E-state index in [4.69, 9.17) is 4.98 Å². The molecule has 0 aromatic heterocycles. The Labute approximate surface area is 125 Å². The summed E-state index contributed by atoms with van der Waals surface area (Å²) in [4.78, 5) is 4.98. The van der Waals surface area contributed by atoms with Crippen LogP contribution in [0.15, 0.2) is 66.0 Å². The second-order valence-corrected chi connectivity index (χ2v) is 6.20. The lowest BCUT2D eigenvalue weighted by molar-refractivity contribution is 1.51. The fourth-order valence-corrected chi connectivity index (χ4v) is 4.04. The highest BCUT2D eigenvalue weighted by atomic mass is 32.1. The van der Waals surface area contributed by atoms with Crippen LogP contribution in [0, 0.1) is 0 Å². The molecule has 5 rings (SSSR count). The maximum atomic E-state index is 4.98. The molecular weight excluding hydrogens is 274 g/mol. The Morgan fingerprint density at radius 2 is 1.52 bits per heavy atom. The number of fused-ring (bicyclic) bond motifs is 7. The van der Waals surface area contributed by atoms with Crippen LogP contribution in [0.1, 0.15) is 0 Å². The predicted octanol–water partition coefficient (Wildman–Crippen LogP) is 5.71. The molecular formula is C19H11NS. The van der Waals surface area contributed by atoms with Crippen molar-refractivity contribution in [2.75, 3.05) is 0 Å². The van der Waals surface area contributed by atoms with Crippen molar-refractivity contribution in [1.82, 2.24) is 4.98 Å². The first kappa shape index (κ1) is 11.2. The van der Waals surface area contributed by atoms with Crippen LogP contribution >= 0.6 is 11.3 Å². The molecule has 98 valence electrons. The number of hydrogen-bond donors (Lipinski definition) is 0. The van der Waals surface area contributed by atoms with E-state index < -0.39 is 0 Å². The predicted molar refractivity (Wildman–Crippen MR) is 91.3 cm³/mol. The van der Waals surface area contributed by atoms with Crippen LogP contribution in [0.25, 0.3) is 43.0 Å². The second-order valence-electron chi connectivity index (χ2n) is 5.29. The molecule has 0 atom stereocenters. The minimum absolute atomic E-state index is 1.12. The fraction of sp³-hybridized carbons (Fsp3) is 0. The molecule has 1 nitrogen and oxygen atoms in total. The highest BCUT2D eigenvalue weighted by Crippen LogP contribution is 2.40. The van der Waals surface area contributed by atoms with E-state index in [0.717, 1.165) is 11.2 Å². The molecule has 0 saturated carbocycles.